The third-order valence-electron chi connectivity index (χ3n) is 4.23. The number of nitrogens with zero attached hydrogens (tertiary/aromatic N) is 1. The second-order valence-electron chi connectivity index (χ2n) is 6.68. The van der Waals surface area contributed by atoms with E-state index in [4.69, 9.17) is 4.43 Å². The normalized spacial score (nSPS) is 23.1. The minimum atomic E-state index is -1.96. The standard InChI is InChI=1S/C13H24FNO4Si.Li/c1-13(2,3)20(4,5)19-7-6-15-10(12(17)18)8-9(14)11(15)16;/h9-10H,6-8H2,1-5H3,(H,17,18);/q;+1/p-1/t9-,10+;/m1./s1. The first-order valence-electron chi connectivity index (χ1n) is 6.77. The number of amides is 1. The van der Waals surface area contributed by atoms with Crippen molar-refractivity contribution in [1.29, 1.82) is 0 Å². The summed E-state index contributed by atoms with van der Waals surface area (Å²) in [5, 5.41) is 10.9. The zero-order valence-electron chi connectivity index (χ0n) is 13.7. The predicted molar refractivity (Wildman–Crippen MR) is 73.2 cm³/mol. The first kappa shape index (κ1) is 20.6. The maximum absolute atomic E-state index is 13.3. The van der Waals surface area contributed by atoms with Crippen LogP contribution in [0, 0.1) is 0 Å². The number of rotatable bonds is 5. The quantitative estimate of drug-likeness (QED) is 0.536. The van der Waals surface area contributed by atoms with E-state index in [1.165, 1.54) is 0 Å². The fourth-order valence-corrected chi connectivity index (χ4v) is 2.90. The van der Waals surface area contributed by atoms with Gasteiger partial charge in [-0.3, -0.25) is 4.79 Å². The van der Waals surface area contributed by atoms with Gasteiger partial charge in [-0.15, -0.1) is 0 Å². The summed E-state index contributed by atoms with van der Waals surface area (Å²) in [6.45, 7) is 10.7. The molecule has 116 valence electrons. The van der Waals surface area contributed by atoms with E-state index in [-0.39, 0.29) is 43.5 Å². The molecule has 0 aromatic rings. The van der Waals surface area contributed by atoms with Crippen molar-refractivity contribution >= 4 is 20.2 Å². The summed E-state index contributed by atoms with van der Waals surface area (Å²) in [5.41, 5.74) is 0. The van der Waals surface area contributed by atoms with Crippen molar-refractivity contribution in [3.8, 4) is 0 Å². The number of halogens is 1. The van der Waals surface area contributed by atoms with Crippen molar-refractivity contribution in [1.82, 2.24) is 4.90 Å². The fraction of sp³-hybridized carbons (Fsp3) is 0.846. The average Bonchev–Trinajstić information content (AvgIpc) is 2.55. The van der Waals surface area contributed by atoms with Crippen molar-refractivity contribution in [3.63, 3.8) is 0 Å². The Bertz CT molecular complexity index is 400. The van der Waals surface area contributed by atoms with Crippen LogP contribution in [-0.4, -0.2) is 50.5 Å². The molecule has 5 nitrogen and oxygen atoms in total. The summed E-state index contributed by atoms with van der Waals surface area (Å²) in [4.78, 5) is 23.5. The molecule has 2 atom stereocenters. The van der Waals surface area contributed by atoms with E-state index in [0.29, 0.717) is 0 Å². The molecule has 0 radical (unpaired) electrons. The molecule has 1 aliphatic rings. The maximum Gasteiger partial charge on any atom is 1.00 e. The molecule has 1 amide bonds. The minimum Gasteiger partial charge on any atom is -0.548 e. The van der Waals surface area contributed by atoms with Crippen molar-refractivity contribution in [2.45, 2.75) is 57.5 Å². The van der Waals surface area contributed by atoms with Crippen LogP contribution in [0.25, 0.3) is 0 Å². The van der Waals surface area contributed by atoms with E-state index in [9.17, 15) is 19.1 Å². The molecule has 1 heterocycles. The number of aliphatic carboxylic acids is 1. The number of carbonyl (C=O) groups excluding carboxylic acids is 2. The van der Waals surface area contributed by atoms with E-state index in [0.717, 1.165) is 4.90 Å². The summed E-state index contributed by atoms with van der Waals surface area (Å²) in [5.74, 6) is -2.19. The fourth-order valence-electron chi connectivity index (χ4n) is 1.86. The van der Waals surface area contributed by atoms with Gasteiger partial charge in [0, 0.05) is 13.0 Å². The Morgan fingerprint density at radius 3 is 2.43 bits per heavy atom. The van der Waals surface area contributed by atoms with Gasteiger partial charge in [-0.25, -0.2) is 4.39 Å². The smallest absolute Gasteiger partial charge is 0.548 e. The second kappa shape index (κ2) is 7.27. The van der Waals surface area contributed by atoms with Gasteiger partial charge in [0.2, 0.25) is 0 Å². The molecule has 0 aromatic carbocycles. The average molecular weight is 311 g/mol. The molecule has 1 rings (SSSR count). The number of likely N-dealkylation sites (tertiary alicyclic amines) is 1. The number of hydrogen-bond acceptors (Lipinski definition) is 4. The molecule has 21 heavy (non-hydrogen) atoms. The number of alkyl halides is 1. The topological polar surface area (TPSA) is 69.7 Å². The Hall–Kier alpha value is -0.356. The van der Waals surface area contributed by atoms with Crippen LogP contribution in [0.4, 0.5) is 4.39 Å². The van der Waals surface area contributed by atoms with Gasteiger partial charge < -0.3 is 19.2 Å². The number of hydrogen-bond donors (Lipinski definition) is 0. The van der Waals surface area contributed by atoms with Crippen LogP contribution < -0.4 is 24.0 Å². The van der Waals surface area contributed by atoms with Gasteiger partial charge in [0.05, 0.1) is 18.6 Å². The number of carboxylic acid groups (broad SMARTS) is 1. The van der Waals surface area contributed by atoms with E-state index in [1.54, 1.807) is 0 Å². The largest absolute Gasteiger partial charge is 1.00 e. The molecular weight excluding hydrogens is 288 g/mol. The summed E-state index contributed by atoms with van der Waals surface area (Å²) in [6, 6.07) is -1.18. The van der Waals surface area contributed by atoms with Gasteiger partial charge in [0.25, 0.3) is 5.91 Å². The number of carbonyl (C=O) groups is 2. The van der Waals surface area contributed by atoms with Crippen LogP contribution in [0.3, 0.4) is 0 Å². The molecule has 0 spiro atoms. The van der Waals surface area contributed by atoms with Gasteiger partial charge in [-0.2, -0.15) is 0 Å². The molecule has 0 N–H and O–H groups in total. The van der Waals surface area contributed by atoms with Crippen LogP contribution in [0.15, 0.2) is 0 Å². The Morgan fingerprint density at radius 1 is 1.48 bits per heavy atom. The maximum atomic E-state index is 13.3. The van der Waals surface area contributed by atoms with Crippen molar-refractivity contribution in [2.24, 2.45) is 0 Å². The van der Waals surface area contributed by atoms with Gasteiger partial charge >= 0.3 is 18.9 Å². The molecule has 0 bridgehead atoms. The van der Waals surface area contributed by atoms with Gasteiger partial charge in [0.1, 0.15) is 0 Å². The van der Waals surface area contributed by atoms with Crippen molar-refractivity contribution in [2.75, 3.05) is 13.2 Å². The monoisotopic (exact) mass is 311 g/mol. The molecule has 1 fully saturated rings. The second-order valence-corrected chi connectivity index (χ2v) is 11.5. The molecule has 0 aromatic heterocycles. The molecule has 0 unspecified atom stereocenters. The van der Waals surface area contributed by atoms with E-state index < -0.39 is 32.4 Å². The molecule has 0 aliphatic carbocycles. The summed E-state index contributed by atoms with van der Waals surface area (Å²) < 4.78 is 19.2. The molecular formula is C13H23FLiNO4Si. The van der Waals surface area contributed by atoms with E-state index in [1.807, 2.05) is 0 Å². The van der Waals surface area contributed by atoms with Gasteiger partial charge in [-0.05, 0) is 18.1 Å². The van der Waals surface area contributed by atoms with Crippen LogP contribution in [0.2, 0.25) is 18.1 Å². The van der Waals surface area contributed by atoms with E-state index in [2.05, 4.69) is 33.9 Å². The van der Waals surface area contributed by atoms with Crippen LogP contribution in [-0.2, 0) is 14.0 Å². The molecule has 1 saturated heterocycles. The third kappa shape index (κ3) is 4.81. The minimum absolute atomic E-state index is 0. The Morgan fingerprint density at radius 2 is 2.00 bits per heavy atom. The van der Waals surface area contributed by atoms with Crippen LogP contribution >= 0.6 is 0 Å². The summed E-state index contributed by atoms with van der Waals surface area (Å²) >= 11 is 0. The zero-order chi connectivity index (χ0) is 15.7. The van der Waals surface area contributed by atoms with Crippen molar-refractivity contribution in [3.05, 3.63) is 0 Å². The van der Waals surface area contributed by atoms with Crippen molar-refractivity contribution < 1.29 is 42.4 Å². The Labute approximate surface area is 138 Å². The zero-order valence-corrected chi connectivity index (χ0v) is 14.7. The first-order chi connectivity index (χ1) is 8.97. The molecule has 0 saturated carbocycles. The Kier molecular flexibility index (Phi) is 7.15. The predicted octanol–water partition coefficient (Wildman–Crippen LogP) is -2.30. The molecule has 8 heteroatoms. The number of carboxylic acids is 1. The Balaban J connectivity index is 0.00000400. The summed E-state index contributed by atoms with van der Waals surface area (Å²) in [6.07, 6.45) is -2.08. The first-order valence-corrected chi connectivity index (χ1v) is 9.67. The van der Waals surface area contributed by atoms with E-state index >= 15 is 0 Å². The van der Waals surface area contributed by atoms with Gasteiger partial charge in [0.15, 0.2) is 14.5 Å². The third-order valence-corrected chi connectivity index (χ3v) is 8.77. The van der Waals surface area contributed by atoms with Crippen LogP contribution in [0.1, 0.15) is 27.2 Å². The molecule has 1 aliphatic heterocycles. The van der Waals surface area contributed by atoms with Crippen LogP contribution in [0.5, 0.6) is 0 Å². The summed E-state index contributed by atoms with van der Waals surface area (Å²) in [7, 11) is -1.96. The SMILES string of the molecule is CC(C)(C)[Si](C)(C)OCCN1C(=O)[C@H](F)C[C@H]1C(=O)[O-].[Li+]. The van der Waals surface area contributed by atoms with Gasteiger partial charge in [-0.1, -0.05) is 20.8 Å².